The summed E-state index contributed by atoms with van der Waals surface area (Å²) in [5.41, 5.74) is 0.535. The Labute approximate surface area is 91.0 Å². The summed E-state index contributed by atoms with van der Waals surface area (Å²) in [4.78, 5) is 12.5. The molecule has 69 valence electrons. The molecule has 0 saturated carbocycles. The number of rotatable bonds is 2. The summed E-state index contributed by atoms with van der Waals surface area (Å²) in [7, 11) is 0. The molecule has 1 aromatic heterocycles. The summed E-state index contributed by atoms with van der Waals surface area (Å²) in [6.45, 7) is 0. The van der Waals surface area contributed by atoms with E-state index < -0.39 is 0 Å². The molecule has 3 heteroatoms. The maximum Gasteiger partial charge on any atom is 0.204 e. The molecule has 0 aliphatic heterocycles. The molecule has 0 atom stereocenters. The summed E-state index contributed by atoms with van der Waals surface area (Å²) in [5, 5.41) is 2.32. The van der Waals surface area contributed by atoms with Crippen LogP contribution in [-0.2, 0) is 0 Å². The number of thiophene rings is 1. The lowest BCUT2D eigenvalue weighted by Gasteiger charge is -1.99. The second-order valence-corrected chi connectivity index (χ2v) is 4.07. The molecule has 0 bridgehead atoms. The fourth-order valence-electron chi connectivity index (χ4n) is 1.13. The monoisotopic (exact) mass is 221 g/mol. The molecule has 0 aliphatic carbocycles. The van der Waals surface area contributed by atoms with Crippen molar-refractivity contribution in [2.24, 2.45) is 0 Å². The van der Waals surface area contributed by atoms with Gasteiger partial charge in [0.1, 0.15) is 0 Å². The van der Waals surface area contributed by atoms with E-state index >= 15 is 0 Å². The molecule has 2 rings (SSSR count). The van der Waals surface area contributed by atoms with Crippen molar-refractivity contribution in [3.63, 3.8) is 0 Å². The molecule has 0 spiro atoms. The fourth-order valence-corrected chi connectivity index (χ4v) is 2.02. The molecule has 0 unspecified atom stereocenters. The van der Waals surface area contributed by atoms with E-state index in [4.69, 9.17) is 11.6 Å². The summed E-state index contributed by atoms with van der Waals surface area (Å²) in [6.07, 6.45) is 0. The minimum Gasteiger partial charge on any atom is -0.288 e. The second kappa shape index (κ2) is 3.95. The van der Waals surface area contributed by atoms with Crippen LogP contribution in [0.3, 0.4) is 0 Å². The van der Waals surface area contributed by atoms with Crippen molar-refractivity contribution >= 4 is 28.7 Å². The Balaban J connectivity index is 2.42. The maximum absolute atomic E-state index is 11.8. The van der Waals surface area contributed by atoms with Gasteiger partial charge in [0.05, 0.1) is 9.90 Å². The molecular weight excluding hydrogens is 216 g/mol. The number of carbonyl (C=O) groups excluding carboxylic acids is 1. The van der Waals surface area contributed by atoms with Crippen LogP contribution >= 0.6 is 22.9 Å². The number of hydrogen-bond donors (Lipinski definition) is 0. The molecule has 1 nitrogen and oxygen atoms in total. The molecule has 0 N–H and O–H groups in total. The second-order valence-electron chi connectivity index (χ2n) is 2.71. The van der Waals surface area contributed by atoms with Crippen molar-refractivity contribution in [2.75, 3.05) is 0 Å². The van der Waals surface area contributed by atoms with E-state index in [1.54, 1.807) is 24.3 Å². The highest BCUT2D eigenvalue weighted by atomic mass is 35.5. The lowest BCUT2D eigenvalue weighted by atomic mass is 10.1. The van der Waals surface area contributed by atoms with E-state index in [-0.39, 0.29) is 5.78 Å². The van der Waals surface area contributed by atoms with Crippen LogP contribution in [0.4, 0.5) is 0 Å². The average molecular weight is 222 g/mol. The summed E-state index contributed by atoms with van der Waals surface area (Å²) >= 11 is 7.30. The first-order valence-corrected chi connectivity index (χ1v) is 5.28. The summed E-state index contributed by atoms with van der Waals surface area (Å²) < 4.78 is 0. The van der Waals surface area contributed by atoms with Crippen LogP contribution < -0.4 is 0 Å². The molecule has 1 radical (unpaired) electrons. The first-order chi connectivity index (χ1) is 6.79. The third kappa shape index (κ3) is 1.72. The minimum atomic E-state index is -0.0287. The predicted molar refractivity (Wildman–Crippen MR) is 58.0 cm³/mol. The van der Waals surface area contributed by atoms with Crippen LogP contribution in [0.25, 0.3) is 0 Å². The van der Waals surface area contributed by atoms with Crippen LogP contribution in [-0.4, -0.2) is 5.78 Å². The molecule has 0 saturated heterocycles. The van der Waals surface area contributed by atoms with Crippen molar-refractivity contribution in [1.82, 2.24) is 0 Å². The molecule has 14 heavy (non-hydrogen) atoms. The lowest BCUT2D eigenvalue weighted by Crippen LogP contribution is -1.98. The number of carbonyl (C=O) groups is 1. The number of halogens is 1. The quantitative estimate of drug-likeness (QED) is 0.710. The summed E-state index contributed by atoms with van der Waals surface area (Å²) in [6, 6.07) is 11.4. The van der Waals surface area contributed by atoms with E-state index in [2.05, 4.69) is 6.07 Å². The van der Waals surface area contributed by atoms with Gasteiger partial charge in [-0.2, -0.15) is 0 Å². The van der Waals surface area contributed by atoms with Gasteiger partial charge in [0.2, 0.25) is 5.78 Å². The Morgan fingerprint density at radius 3 is 2.93 bits per heavy atom. The van der Waals surface area contributed by atoms with Crippen molar-refractivity contribution in [1.29, 1.82) is 0 Å². The van der Waals surface area contributed by atoms with Crippen molar-refractivity contribution < 1.29 is 4.79 Å². The maximum atomic E-state index is 11.8. The van der Waals surface area contributed by atoms with Crippen molar-refractivity contribution in [2.45, 2.75) is 0 Å². The van der Waals surface area contributed by atoms with Crippen LogP contribution in [0, 0.1) is 6.07 Å². The zero-order valence-electron chi connectivity index (χ0n) is 7.16. The van der Waals surface area contributed by atoms with Crippen molar-refractivity contribution in [3.05, 3.63) is 57.2 Å². The zero-order valence-corrected chi connectivity index (χ0v) is 8.73. The Kier molecular flexibility index (Phi) is 2.66. The van der Waals surface area contributed by atoms with Crippen LogP contribution in [0.5, 0.6) is 0 Å². The van der Waals surface area contributed by atoms with Gasteiger partial charge >= 0.3 is 0 Å². The van der Waals surface area contributed by atoms with E-state index in [1.807, 2.05) is 11.4 Å². The van der Waals surface area contributed by atoms with Gasteiger partial charge in [-0.15, -0.1) is 11.3 Å². The van der Waals surface area contributed by atoms with Gasteiger partial charge in [-0.1, -0.05) is 23.7 Å². The SMILES string of the molecule is O=C(c1cccs1)c1cc[c]cc1Cl. The highest BCUT2D eigenvalue weighted by molar-refractivity contribution is 7.12. The van der Waals surface area contributed by atoms with E-state index in [0.717, 1.165) is 0 Å². The van der Waals surface area contributed by atoms with E-state index in [0.29, 0.717) is 15.5 Å². The van der Waals surface area contributed by atoms with Gasteiger partial charge in [0.25, 0.3) is 0 Å². The fraction of sp³-hybridized carbons (Fsp3) is 0. The Bertz CT molecular complexity index is 448. The minimum absolute atomic E-state index is 0.0287. The van der Waals surface area contributed by atoms with Gasteiger partial charge in [-0.05, 0) is 29.6 Å². The van der Waals surface area contributed by atoms with Crippen LogP contribution in [0.15, 0.2) is 35.7 Å². The normalized spacial score (nSPS) is 10.1. The van der Waals surface area contributed by atoms with Crippen LogP contribution in [0.1, 0.15) is 15.2 Å². The van der Waals surface area contributed by atoms with E-state index in [9.17, 15) is 4.79 Å². The zero-order chi connectivity index (χ0) is 9.97. The lowest BCUT2D eigenvalue weighted by molar-refractivity contribution is 0.104. The molecule has 0 amide bonds. The standard InChI is InChI=1S/C11H6ClOS/c12-9-5-2-1-4-8(9)11(13)10-6-3-7-14-10/h1,3-7H. The predicted octanol–water partition coefficient (Wildman–Crippen LogP) is 3.43. The van der Waals surface area contributed by atoms with Gasteiger partial charge in [-0.3, -0.25) is 4.79 Å². The third-order valence-corrected chi connectivity index (χ3v) is 2.98. The number of benzene rings is 1. The van der Waals surface area contributed by atoms with Gasteiger partial charge in [0.15, 0.2) is 0 Å². The molecule has 1 heterocycles. The Hall–Kier alpha value is -1.12. The average Bonchev–Trinajstić information content (AvgIpc) is 2.70. The van der Waals surface area contributed by atoms with Gasteiger partial charge in [-0.25, -0.2) is 0 Å². The highest BCUT2D eigenvalue weighted by Gasteiger charge is 2.12. The molecule has 2 aromatic rings. The first-order valence-electron chi connectivity index (χ1n) is 4.03. The Morgan fingerprint density at radius 2 is 2.29 bits per heavy atom. The van der Waals surface area contributed by atoms with Crippen LogP contribution in [0.2, 0.25) is 5.02 Å². The smallest absolute Gasteiger partial charge is 0.204 e. The topological polar surface area (TPSA) is 17.1 Å². The van der Waals surface area contributed by atoms with Gasteiger partial charge < -0.3 is 0 Å². The number of ketones is 1. The first kappa shape index (κ1) is 9.44. The molecule has 1 aromatic carbocycles. The third-order valence-electron chi connectivity index (χ3n) is 1.80. The molecular formula is C11H6ClOS. The number of hydrogen-bond acceptors (Lipinski definition) is 2. The molecule has 0 fully saturated rings. The van der Waals surface area contributed by atoms with E-state index in [1.165, 1.54) is 11.3 Å². The summed E-state index contributed by atoms with van der Waals surface area (Å²) in [5.74, 6) is -0.0287. The van der Waals surface area contributed by atoms with Crippen molar-refractivity contribution in [3.8, 4) is 0 Å². The Morgan fingerprint density at radius 1 is 1.43 bits per heavy atom. The molecule has 0 aliphatic rings. The van der Waals surface area contributed by atoms with Gasteiger partial charge in [0, 0.05) is 5.56 Å². The largest absolute Gasteiger partial charge is 0.288 e. The highest BCUT2D eigenvalue weighted by Crippen LogP contribution is 2.20.